The van der Waals surface area contributed by atoms with E-state index in [1.54, 1.807) is 0 Å². The van der Waals surface area contributed by atoms with Crippen LogP contribution in [0.4, 0.5) is 0 Å². The zero-order valence-corrected chi connectivity index (χ0v) is 8.99. The molecule has 4 heteroatoms. The van der Waals surface area contributed by atoms with Crippen molar-refractivity contribution >= 4 is 18.8 Å². The first-order valence-electron chi connectivity index (χ1n) is 5.09. The molecule has 0 aromatic heterocycles. The van der Waals surface area contributed by atoms with Crippen molar-refractivity contribution in [1.29, 1.82) is 0 Å². The molecule has 76 valence electrons. The zero-order valence-electron chi connectivity index (χ0n) is 8.99. The van der Waals surface area contributed by atoms with Gasteiger partial charge in [0.25, 0.3) is 0 Å². The molecule has 0 aromatic rings. The molecule has 1 N–H and O–H groups in total. The molecule has 0 unspecified atom stereocenters. The summed E-state index contributed by atoms with van der Waals surface area (Å²) in [4.78, 5) is 0. The van der Waals surface area contributed by atoms with E-state index in [1.165, 1.54) is 5.46 Å². The van der Waals surface area contributed by atoms with Gasteiger partial charge in [0, 0.05) is 0 Å². The SMILES string of the molecule is CCOB=C1C=C[N+](CCNC)=CC1. The first-order valence-corrected chi connectivity index (χ1v) is 5.09. The second kappa shape index (κ2) is 6.54. The molecule has 0 bridgehead atoms. The van der Waals surface area contributed by atoms with Crippen LogP contribution in [0.15, 0.2) is 12.3 Å². The van der Waals surface area contributed by atoms with Gasteiger partial charge in [-0.3, -0.25) is 0 Å². The maximum atomic E-state index is 5.23. The van der Waals surface area contributed by atoms with E-state index in [-0.39, 0.29) is 0 Å². The Morgan fingerprint density at radius 2 is 2.50 bits per heavy atom. The Morgan fingerprint density at radius 1 is 1.64 bits per heavy atom. The number of nitrogens with zero attached hydrogens (tertiary/aromatic N) is 1. The normalized spacial score (nSPS) is 17.9. The van der Waals surface area contributed by atoms with Gasteiger partial charge in [0.2, 0.25) is 0 Å². The molecule has 1 aliphatic heterocycles. The summed E-state index contributed by atoms with van der Waals surface area (Å²) in [6.45, 7) is 4.76. The van der Waals surface area contributed by atoms with Gasteiger partial charge in [-0.25, -0.2) is 0 Å². The molecule has 0 radical (unpaired) electrons. The fourth-order valence-electron chi connectivity index (χ4n) is 1.23. The summed E-state index contributed by atoms with van der Waals surface area (Å²) in [5.74, 6) is 0. The maximum absolute atomic E-state index is 5.23. The van der Waals surface area contributed by atoms with Gasteiger partial charge >= 0.3 is 85.7 Å². The summed E-state index contributed by atoms with van der Waals surface area (Å²) in [5.41, 5.74) is 1.23. The fraction of sp³-hybridized carbons (Fsp3) is 0.600. The average molecular weight is 193 g/mol. The predicted molar refractivity (Wildman–Crippen MR) is 61.3 cm³/mol. The van der Waals surface area contributed by atoms with Gasteiger partial charge in [-0.2, -0.15) is 0 Å². The molecule has 14 heavy (non-hydrogen) atoms. The summed E-state index contributed by atoms with van der Waals surface area (Å²) in [6, 6.07) is 0. The van der Waals surface area contributed by atoms with Crippen molar-refractivity contribution in [2.45, 2.75) is 13.3 Å². The number of likely N-dealkylation sites (N-methyl/N-ethyl adjacent to an activating group) is 1. The predicted octanol–water partition coefficient (Wildman–Crippen LogP) is 0.0346. The van der Waals surface area contributed by atoms with Gasteiger partial charge in [-0.15, -0.1) is 0 Å². The van der Waals surface area contributed by atoms with E-state index in [2.05, 4.69) is 28.4 Å². The molecule has 1 aliphatic rings. The van der Waals surface area contributed by atoms with E-state index < -0.39 is 0 Å². The third kappa shape index (κ3) is 3.88. The molecular weight excluding hydrogens is 175 g/mol. The minimum absolute atomic E-state index is 0.737. The van der Waals surface area contributed by atoms with E-state index >= 15 is 0 Å². The second-order valence-electron chi connectivity index (χ2n) is 3.19. The fourth-order valence-corrected chi connectivity index (χ4v) is 1.23. The molecule has 1 heterocycles. The topological polar surface area (TPSA) is 24.3 Å². The molecule has 0 aromatic carbocycles. The zero-order chi connectivity index (χ0) is 10.2. The molecule has 0 fully saturated rings. The van der Waals surface area contributed by atoms with Gasteiger partial charge in [-0.05, 0) is 0 Å². The van der Waals surface area contributed by atoms with E-state index in [0.29, 0.717) is 0 Å². The number of nitrogens with one attached hydrogen (secondary N) is 1. The van der Waals surface area contributed by atoms with Gasteiger partial charge in [0.15, 0.2) is 0 Å². The third-order valence-electron chi connectivity index (χ3n) is 2.06. The molecular formula is C10H18BN2O+. The molecule has 0 spiro atoms. The number of rotatable bonds is 5. The molecule has 0 amide bonds. The van der Waals surface area contributed by atoms with E-state index in [9.17, 15) is 0 Å². The van der Waals surface area contributed by atoms with Crippen LogP contribution in [0.5, 0.6) is 0 Å². The van der Waals surface area contributed by atoms with Crippen molar-refractivity contribution in [3.8, 4) is 0 Å². The summed E-state index contributed by atoms with van der Waals surface area (Å²) in [6.07, 6.45) is 7.33. The molecule has 3 nitrogen and oxygen atoms in total. The van der Waals surface area contributed by atoms with Crippen LogP contribution in [0, 0.1) is 0 Å². The number of hydrogen-bond donors (Lipinski definition) is 1. The number of allylic oxidation sites excluding steroid dienone is 1. The third-order valence-corrected chi connectivity index (χ3v) is 2.06. The van der Waals surface area contributed by atoms with E-state index in [4.69, 9.17) is 4.65 Å². The van der Waals surface area contributed by atoms with Crippen molar-refractivity contribution in [2.75, 3.05) is 26.7 Å². The van der Waals surface area contributed by atoms with Gasteiger partial charge < -0.3 is 0 Å². The van der Waals surface area contributed by atoms with Crippen LogP contribution in [0.2, 0.25) is 0 Å². The number of hydrogen-bond acceptors (Lipinski definition) is 2. The molecule has 0 atom stereocenters. The van der Waals surface area contributed by atoms with Crippen LogP contribution in [-0.2, 0) is 4.65 Å². The quantitative estimate of drug-likeness (QED) is 0.492. The summed E-state index contributed by atoms with van der Waals surface area (Å²) < 4.78 is 7.42. The Balaban J connectivity index is 2.37. The van der Waals surface area contributed by atoms with Gasteiger partial charge in [0.1, 0.15) is 0 Å². The Kier molecular flexibility index (Phi) is 5.23. The standard InChI is InChI=1S/C10H18BN2O/c1-3-14-11-10-4-7-13(8-5-10)9-6-12-2/h4,7-8,12H,3,5-6,9H2,1-2H3/q+1. The minimum atomic E-state index is 0.737. The van der Waals surface area contributed by atoms with E-state index in [0.717, 1.165) is 26.1 Å². The van der Waals surface area contributed by atoms with Crippen molar-refractivity contribution in [2.24, 2.45) is 0 Å². The first-order chi connectivity index (χ1) is 6.86. The molecule has 0 saturated heterocycles. The van der Waals surface area contributed by atoms with Gasteiger partial charge in [-0.1, -0.05) is 0 Å². The first kappa shape index (κ1) is 11.2. The van der Waals surface area contributed by atoms with Crippen molar-refractivity contribution in [3.05, 3.63) is 12.3 Å². The summed E-state index contributed by atoms with van der Waals surface area (Å²) in [5, 5.41) is 3.13. The van der Waals surface area contributed by atoms with Crippen LogP contribution < -0.4 is 5.32 Å². The van der Waals surface area contributed by atoms with Crippen molar-refractivity contribution in [1.82, 2.24) is 5.32 Å². The van der Waals surface area contributed by atoms with Crippen molar-refractivity contribution in [3.63, 3.8) is 0 Å². The monoisotopic (exact) mass is 193 g/mol. The average Bonchev–Trinajstić information content (AvgIpc) is 2.25. The van der Waals surface area contributed by atoms with Crippen molar-refractivity contribution < 1.29 is 9.23 Å². The van der Waals surface area contributed by atoms with Crippen LogP contribution in [0.1, 0.15) is 13.3 Å². The van der Waals surface area contributed by atoms with Crippen LogP contribution >= 0.6 is 0 Å². The molecule has 0 aliphatic carbocycles. The van der Waals surface area contributed by atoms with Crippen LogP contribution in [-0.4, -0.2) is 50.1 Å². The van der Waals surface area contributed by atoms with Crippen LogP contribution in [0.25, 0.3) is 0 Å². The Labute approximate surface area is 86.4 Å². The van der Waals surface area contributed by atoms with Crippen LogP contribution in [0.3, 0.4) is 0 Å². The second-order valence-corrected chi connectivity index (χ2v) is 3.19. The summed E-state index contributed by atoms with van der Waals surface area (Å²) >= 11 is 0. The molecule has 1 rings (SSSR count). The molecule has 0 saturated carbocycles. The Bertz CT molecular complexity index is 259. The summed E-state index contributed by atoms with van der Waals surface area (Å²) in [7, 11) is 3.80. The Hall–Kier alpha value is -0.895. The van der Waals surface area contributed by atoms with E-state index in [1.807, 2.05) is 21.1 Å². The van der Waals surface area contributed by atoms with Gasteiger partial charge in [0.05, 0.1) is 0 Å². The Morgan fingerprint density at radius 3 is 3.07 bits per heavy atom.